The molecular formula is C13H21N3O3. The van der Waals surface area contributed by atoms with Gasteiger partial charge in [-0.15, -0.1) is 0 Å². The SMILES string of the molecule is CCCNc1cc(CN(C)CCO)ccc1[N+](=O)[O-]. The number of nitrogens with zero attached hydrogens (tertiary/aromatic N) is 2. The van der Waals surface area contributed by atoms with Gasteiger partial charge in [0.15, 0.2) is 0 Å². The van der Waals surface area contributed by atoms with Gasteiger partial charge in [0, 0.05) is 25.7 Å². The van der Waals surface area contributed by atoms with E-state index in [1.54, 1.807) is 6.07 Å². The third kappa shape index (κ3) is 4.84. The fourth-order valence-electron chi connectivity index (χ4n) is 1.80. The number of aliphatic hydroxyl groups excluding tert-OH is 1. The molecular weight excluding hydrogens is 246 g/mol. The van der Waals surface area contributed by atoms with Crippen molar-refractivity contribution < 1.29 is 10.0 Å². The van der Waals surface area contributed by atoms with E-state index in [0.717, 1.165) is 12.0 Å². The molecule has 1 rings (SSSR count). The first kappa shape index (κ1) is 15.4. The molecule has 0 aliphatic heterocycles. The van der Waals surface area contributed by atoms with Crippen molar-refractivity contribution in [2.45, 2.75) is 19.9 Å². The highest BCUT2D eigenvalue weighted by molar-refractivity contribution is 5.62. The number of benzene rings is 1. The summed E-state index contributed by atoms with van der Waals surface area (Å²) >= 11 is 0. The summed E-state index contributed by atoms with van der Waals surface area (Å²) in [6, 6.07) is 5.09. The summed E-state index contributed by atoms with van der Waals surface area (Å²) < 4.78 is 0. The highest BCUT2D eigenvalue weighted by atomic mass is 16.6. The van der Waals surface area contributed by atoms with Gasteiger partial charge in [-0.05, 0) is 25.1 Å². The molecule has 0 unspecified atom stereocenters. The molecule has 19 heavy (non-hydrogen) atoms. The topological polar surface area (TPSA) is 78.6 Å². The van der Waals surface area contributed by atoms with E-state index < -0.39 is 0 Å². The van der Waals surface area contributed by atoms with Crippen molar-refractivity contribution in [3.8, 4) is 0 Å². The van der Waals surface area contributed by atoms with Crippen LogP contribution in [0.2, 0.25) is 0 Å². The van der Waals surface area contributed by atoms with Crippen LogP contribution in [0.4, 0.5) is 11.4 Å². The number of nitrogens with one attached hydrogen (secondary N) is 1. The van der Waals surface area contributed by atoms with Crippen molar-refractivity contribution in [1.82, 2.24) is 4.90 Å². The van der Waals surface area contributed by atoms with E-state index in [1.807, 2.05) is 24.9 Å². The van der Waals surface area contributed by atoms with Gasteiger partial charge >= 0.3 is 0 Å². The van der Waals surface area contributed by atoms with Gasteiger partial charge in [0.05, 0.1) is 11.5 Å². The number of hydrogen-bond donors (Lipinski definition) is 2. The van der Waals surface area contributed by atoms with E-state index in [-0.39, 0.29) is 17.2 Å². The molecule has 1 aromatic rings. The van der Waals surface area contributed by atoms with E-state index in [1.165, 1.54) is 6.07 Å². The minimum atomic E-state index is -0.376. The third-order valence-electron chi connectivity index (χ3n) is 2.76. The zero-order chi connectivity index (χ0) is 14.3. The fourth-order valence-corrected chi connectivity index (χ4v) is 1.80. The lowest BCUT2D eigenvalue weighted by Crippen LogP contribution is -2.21. The largest absolute Gasteiger partial charge is 0.395 e. The van der Waals surface area contributed by atoms with E-state index >= 15 is 0 Å². The van der Waals surface area contributed by atoms with E-state index in [0.29, 0.717) is 25.3 Å². The molecule has 0 saturated heterocycles. The zero-order valence-corrected chi connectivity index (χ0v) is 11.4. The second-order valence-corrected chi connectivity index (χ2v) is 4.50. The molecule has 0 atom stereocenters. The molecule has 0 aromatic heterocycles. The van der Waals surface area contributed by atoms with Crippen LogP contribution in [0.25, 0.3) is 0 Å². The molecule has 0 aliphatic rings. The summed E-state index contributed by atoms with van der Waals surface area (Å²) in [6.45, 7) is 4.05. The van der Waals surface area contributed by atoms with E-state index in [4.69, 9.17) is 5.11 Å². The molecule has 1 aromatic carbocycles. The van der Waals surface area contributed by atoms with Gasteiger partial charge in [-0.3, -0.25) is 15.0 Å². The van der Waals surface area contributed by atoms with Crippen LogP contribution in [-0.4, -0.2) is 41.7 Å². The van der Waals surface area contributed by atoms with Crippen LogP contribution in [0.5, 0.6) is 0 Å². The molecule has 2 N–H and O–H groups in total. The Morgan fingerprint density at radius 3 is 2.79 bits per heavy atom. The number of anilines is 1. The Kier molecular flexibility index (Phi) is 6.24. The van der Waals surface area contributed by atoms with Gasteiger partial charge in [-0.1, -0.05) is 13.0 Å². The lowest BCUT2D eigenvalue weighted by molar-refractivity contribution is -0.384. The van der Waals surface area contributed by atoms with Crippen molar-refractivity contribution in [3.63, 3.8) is 0 Å². The number of hydrogen-bond acceptors (Lipinski definition) is 5. The van der Waals surface area contributed by atoms with Crippen molar-refractivity contribution in [1.29, 1.82) is 0 Å². The standard InChI is InChI=1S/C13H21N3O3/c1-3-6-14-12-9-11(10-15(2)7-8-17)4-5-13(12)16(18)19/h4-5,9,14,17H,3,6-8,10H2,1-2H3. The molecule has 0 amide bonds. The van der Waals surface area contributed by atoms with Crippen molar-refractivity contribution in [2.24, 2.45) is 0 Å². The van der Waals surface area contributed by atoms with E-state index in [2.05, 4.69) is 5.32 Å². The van der Waals surface area contributed by atoms with Crippen molar-refractivity contribution in [2.75, 3.05) is 32.1 Å². The maximum atomic E-state index is 10.9. The average molecular weight is 267 g/mol. The Hall–Kier alpha value is -1.66. The van der Waals surface area contributed by atoms with Crippen LogP contribution in [0.15, 0.2) is 18.2 Å². The number of likely N-dealkylation sites (N-methyl/N-ethyl adjacent to an activating group) is 1. The summed E-state index contributed by atoms with van der Waals surface area (Å²) in [7, 11) is 1.90. The predicted molar refractivity (Wildman–Crippen MR) is 75.3 cm³/mol. The smallest absolute Gasteiger partial charge is 0.292 e. The van der Waals surface area contributed by atoms with Gasteiger partial charge in [-0.25, -0.2) is 0 Å². The normalized spacial score (nSPS) is 10.7. The summed E-state index contributed by atoms with van der Waals surface area (Å²) in [5.74, 6) is 0. The Balaban J connectivity index is 2.87. The fraction of sp³-hybridized carbons (Fsp3) is 0.538. The maximum Gasteiger partial charge on any atom is 0.292 e. The van der Waals surface area contributed by atoms with E-state index in [9.17, 15) is 10.1 Å². The molecule has 0 radical (unpaired) electrons. The second-order valence-electron chi connectivity index (χ2n) is 4.50. The molecule has 0 spiro atoms. The highest BCUT2D eigenvalue weighted by Gasteiger charge is 2.14. The maximum absolute atomic E-state index is 10.9. The van der Waals surface area contributed by atoms with Crippen LogP contribution >= 0.6 is 0 Å². The number of nitro groups is 1. The molecule has 0 aliphatic carbocycles. The minimum Gasteiger partial charge on any atom is -0.395 e. The van der Waals surface area contributed by atoms with Gasteiger partial charge < -0.3 is 10.4 Å². The molecule has 6 heteroatoms. The van der Waals surface area contributed by atoms with Crippen molar-refractivity contribution in [3.05, 3.63) is 33.9 Å². The first-order chi connectivity index (χ1) is 9.08. The van der Waals surface area contributed by atoms with Crippen LogP contribution in [0, 0.1) is 10.1 Å². The quantitative estimate of drug-likeness (QED) is 0.555. The average Bonchev–Trinajstić information content (AvgIpc) is 2.36. The van der Waals surface area contributed by atoms with Gasteiger partial charge in [-0.2, -0.15) is 0 Å². The van der Waals surface area contributed by atoms with Gasteiger partial charge in [0.1, 0.15) is 5.69 Å². The van der Waals surface area contributed by atoms with Gasteiger partial charge in [0.25, 0.3) is 5.69 Å². The molecule has 0 fully saturated rings. The number of rotatable bonds is 8. The summed E-state index contributed by atoms with van der Waals surface area (Å²) in [6.07, 6.45) is 0.909. The Bertz CT molecular complexity index is 424. The molecule has 6 nitrogen and oxygen atoms in total. The Labute approximate surface area is 113 Å². The van der Waals surface area contributed by atoms with Crippen LogP contribution < -0.4 is 5.32 Å². The summed E-state index contributed by atoms with van der Waals surface area (Å²) in [5.41, 5.74) is 1.64. The van der Waals surface area contributed by atoms with Crippen LogP contribution in [0.1, 0.15) is 18.9 Å². The predicted octanol–water partition coefficient (Wildman–Crippen LogP) is 1.84. The molecule has 0 bridgehead atoms. The monoisotopic (exact) mass is 267 g/mol. The number of aliphatic hydroxyl groups is 1. The third-order valence-corrected chi connectivity index (χ3v) is 2.76. The zero-order valence-electron chi connectivity index (χ0n) is 11.4. The van der Waals surface area contributed by atoms with Gasteiger partial charge in [0.2, 0.25) is 0 Å². The summed E-state index contributed by atoms with van der Waals surface area (Å²) in [5, 5.41) is 22.9. The number of nitro benzene ring substituents is 1. The summed E-state index contributed by atoms with van der Waals surface area (Å²) in [4.78, 5) is 12.5. The highest BCUT2D eigenvalue weighted by Crippen LogP contribution is 2.25. The Morgan fingerprint density at radius 2 is 2.21 bits per heavy atom. The van der Waals surface area contributed by atoms with Crippen molar-refractivity contribution >= 4 is 11.4 Å². The second kappa shape index (κ2) is 7.70. The lowest BCUT2D eigenvalue weighted by atomic mass is 10.1. The first-order valence-electron chi connectivity index (χ1n) is 6.39. The molecule has 0 heterocycles. The first-order valence-corrected chi connectivity index (χ1v) is 6.39. The Morgan fingerprint density at radius 1 is 1.47 bits per heavy atom. The van der Waals surface area contributed by atoms with Crippen LogP contribution in [0.3, 0.4) is 0 Å². The minimum absolute atomic E-state index is 0.0991. The molecule has 106 valence electrons. The lowest BCUT2D eigenvalue weighted by Gasteiger charge is -2.16. The van der Waals surface area contributed by atoms with Crippen LogP contribution in [-0.2, 0) is 6.54 Å². The molecule has 0 saturated carbocycles.